The number of nitrogens with one attached hydrogen (secondary N) is 1. The van der Waals surface area contributed by atoms with Crippen molar-refractivity contribution in [2.75, 3.05) is 0 Å². The van der Waals surface area contributed by atoms with Gasteiger partial charge in [0.25, 0.3) is 5.91 Å². The second kappa shape index (κ2) is 6.72. The molecule has 26 heavy (non-hydrogen) atoms. The van der Waals surface area contributed by atoms with Crippen LogP contribution in [0.1, 0.15) is 48.2 Å². The third kappa shape index (κ3) is 3.11. The van der Waals surface area contributed by atoms with E-state index >= 15 is 0 Å². The third-order valence-corrected chi connectivity index (χ3v) is 4.63. The Labute approximate surface area is 149 Å². The molecule has 2 N–H and O–H groups in total. The van der Waals surface area contributed by atoms with Crippen LogP contribution >= 0.6 is 0 Å². The first-order valence-corrected chi connectivity index (χ1v) is 8.53. The number of rotatable bonds is 5. The number of benzene rings is 1. The molecule has 1 aliphatic carbocycles. The summed E-state index contributed by atoms with van der Waals surface area (Å²) < 4.78 is 6.91. The molecule has 0 aliphatic heterocycles. The molecule has 0 saturated heterocycles. The van der Waals surface area contributed by atoms with Gasteiger partial charge in [-0.2, -0.15) is 0 Å². The van der Waals surface area contributed by atoms with Gasteiger partial charge in [-0.25, -0.2) is 4.68 Å². The van der Waals surface area contributed by atoms with Gasteiger partial charge in [0.1, 0.15) is 5.69 Å². The lowest BCUT2D eigenvalue weighted by Gasteiger charge is -2.36. The minimum Gasteiger partial charge on any atom is -0.387 e. The van der Waals surface area contributed by atoms with Gasteiger partial charge in [-0.3, -0.25) is 4.79 Å². The Morgan fingerprint density at radius 1 is 1.35 bits per heavy atom. The van der Waals surface area contributed by atoms with Crippen molar-refractivity contribution in [3.8, 4) is 11.3 Å². The zero-order valence-electron chi connectivity index (χ0n) is 14.2. The van der Waals surface area contributed by atoms with Crippen LogP contribution in [0.3, 0.4) is 0 Å². The number of hydrogen-bond donors (Lipinski definition) is 2. The van der Waals surface area contributed by atoms with E-state index in [1.807, 2.05) is 30.3 Å². The first-order valence-electron chi connectivity index (χ1n) is 8.53. The Bertz CT molecular complexity index is 896. The van der Waals surface area contributed by atoms with Crippen LogP contribution in [0, 0.1) is 0 Å². The minimum absolute atomic E-state index is 0.0313. The lowest BCUT2D eigenvalue weighted by atomic mass is 9.86. The first kappa shape index (κ1) is 16.5. The van der Waals surface area contributed by atoms with Crippen molar-refractivity contribution in [3.05, 3.63) is 54.0 Å². The van der Waals surface area contributed by atoms with Crippen LogP contribution in [0.25, 0.3) is 11.3 Å². The number of aliphatic hydroxyl groups is 1. The highest BCUT2D eigenvalue weighted by Crippen LogP contribution is 2.33. The number of carbonyl (C=O) groups excluding carboxylic acids is 1. The molecule has 1 fully saturated rings. The molecule has 0 unspecified atom stereocenters. The summed E-state index contributed by atoms with van der Waals surface area (Å²) in [7, 11) is 0. The molecule has 0 spiro atoms. The predicted molar refractivity (Wildman–Crippen MR) is 92.1 cm³/mol. The molecule has 1 saturated carbocycles. The monoisotopic (exact) mass is 353 g/mol. The van der Waals surface area contributed by atoms with Crippen molar-refractivity contribution in [3.63, 3.8) is 0 Å². The van der Waals surface area contributed by atoms with Gasteiger partial charge in [-0.1, -0.05) is 40.7 Å². The van der Waals surface area contributed by atoms with Crippen LogP contribution in [0.5, 0.6) is 0 Å². The molecule has 3 aromatic rings. The van der Waals surface area contributed by atoms with E-state index in [2.05, 4.69) is 20.8 Å². The maximum absolute atomic E-state index is 12.3. The smallest absolute Gasteiger partial charge is 0.290 e. The Balaban J connectivity index is 1.36. The summed E-state index contributed by atoms with van der Waals surface area (Å²) >= 11 is 0. The molecule has 0 radical (unpaired) electrons. The number of hydrogen-bond acceptors (Lipinski definition) is 6. The highest BCUT2D eigenvalue weighted by molar-refractivity contribution is 5.92. The summed E-state index contributed by atoms with van der Waals surface area (Å²) in [5.41, 5.74) is 2.21. The molecule has 134 valence electrons. The Hall–Kier alpha value is -3.00. The fourth-order valence-corrected chi connectivity index (χ4v) is 3.12. The van der Waals surface area contributed by atoms with Gasteiger partial charge in [0.15, 0.2) is 0 Å². The van der Waals surface area contributed by atoms with E-state index < -0.39 is 6.10 Å². The van der Waals surface area contributed by atoms with E-state index in [0.29, 0.717) is 11.4 Å². The second-order valence-corrected chi connectivity index (χ2v) is 6.52. The molecular weight excluding hydrogens is 334 g/mol. The van der Waals surface area contributed by atoms with Crippen LogP contribution in [-0.2, 0) is 0 Å². The van der Waals surface area contributed by atoms with Gasteiger partial charge in [-0.05, 0) is 19.8 Å². The van der Waals surface area contributed by atoms with Crippen molar-refractivity contribution in [1.82, 2.24) is 25.5 Å². The molecule has 8 nitrogen and oxygen atoms in total. The Morgan fingerprint density at radius 3 is 2.85 bits per heavy atom. The summed E-state index contributed by atoms with van der Waals surface area (Å²) in [6.45, 7) is 1.68. The van der Waals surface area contributed by atoms with E-state index in [1.54, 1.807) is 23.9 Å². The maximum Gasteiger partial charge on any atom is 0.290 e. The van der Waals surface area contributed by atoms with E-state index in [-0.39, 0.29) is 23.8 Å². The Kier molecular flexibility index (Phi) is 4.26. The highest BCUT2D eigenvalue weighted by Gasteiger charge is 2.34. The largest absolute Gasteiger partial charge is 0.387 e. The first-order chi connectivity index (χ1) is 12.6. The van der Waals surface area contributed by atoms with Crippen molar-refractivity contribution >= 4 is 5.91 Å². The van der Waals surface area contributed by atoms with Gasteiger partial charge in [0.2, 0.25) is 5.76 Å². The number of aromatic nitrogens is 4. The molecule has 2 aromatic heterocycles. The van der Waals surface area contributed by atoms with Crippen molar-refractivity contribution in [2.45, 2.75) is 38.0 Å². The zero-order chi connectivity index (χ0) is 18.1. The summed E-state index contributed by atoms with van der Waals surface area (Å²) in [4.78, 5) is 12.3. The summed E-state index contributed by atoms with van der Waals surface area (Å²) in [6.07, 6.45) is 2.41. The fraction of sp³-hybridized carbons (Fsp3) is 0.333. The Morgan fingerprint density at radius 2 is 2.12 bits per heavy atom. The van der Waals surface area contributed by atoms with Gasteiger partial charge < -0.3 is 14.9 Å². The molecule has 2 heterocycles. The average Bonchev–Trinajstić information content (AvgIpc) is 3.27. The van der Waals surface area contributed by atoms with Gasteiger partial charge in [0, 0.05) is 17.7 Å². The molecular formula is C18H19N5O3. The van der Waals surface area contributed by atoms with Crippen LogP contribution in [-0.4, -0.2) is 37.2 Å². The van der Waals surface area contributed by atoms with Crippen molar-refractivity contribution < 1.29 is 14.4 Å². The van der Waals surface area contributed by atoms with Crippen molar-refractivity contribution in [2.24, 2.45) is 0 Å². The molecule has 1 amide bonds. The predicted octanol–water partition coefficient (Wildman–Crippen LogP) is 2.12. The van der Waals surface area contributed by atoms with Crippen molar-refractivity contribution in [1.29, 1.82) is 0 Å². The summed E-state index contributed by atoms with van der Waals surface area (Å²) in [6, 6.07) is 11.4. The highest BCUT2D eigenvalue weighted by atomic mass is 16.5. The average molecular weight is 353 g/mol. The topological polar surface area (TPSA) is 106 Å². The number of aliphatic hydroxyl groups excluding tert-OH is 1. The number of nitrogens with zero attached hydrogens (tertiary/aromatic N) is 4. The normalized spacial score (nSPS) is 20.4. The number of amides is 1. The van der Waals surface area contributed by atoms with Gasteiger partial charge >= 0.3 is 0 Å². The van der Waals surface area contributed by atoms with Crippen LogP contribution < -0.4 is 5.32 Å². The van der Waals surface area contributed by atoms with Crippen LogP contribution in [0.15, 0.2) is 47.1 Å². The fourth-order valence-electron chi connectivity index (χ4n) is 3.12. The molecule has 0 bridgehead atoms. The third-order valence-electron chi connectivity index (χ3n) is 4.63. The van der Waals surface area contributed by atoms with E-state index in [9.17, 15) is 9.90 Å². The SMILES string of the molecule is C[C@@H](O)c1cnnn1[C@H]1C[C@@H](NC(=O)c2cc(-c3ccccc3)no2)C1. The van der Waals surface area contributed by atoms with Crippen LogP contribution in [0.4, 0.5) is 0 Å². The summed E-state index contributed by atoms with van der Waals surface area (Å²) in [5.74, 6) is -0.0878. The van der Waals surface area contributed by atoms with Gasteiger partial charge in [0.05, 0.1) is 24.0 Å². The lowest BCUT2D eigenvalue weighted by Crippen LogP contribution is -2.45. The second-order valence-electron chi connectivity index (χ2n) is 6.52. The molecule has 1 atom stereocenters. The molecule has 1 aliphatic rings. The van der Waals surface area contributed by atoms with E-state index in [4.69, 9.17) is 4.52 Å². The van der Waals surface area contributed by atoms with Crippen LogP contribution in [0.2, 0.25) is 0 Å². The zero-order valence-corrected chi connectivity index (χ0v) is 14.2. The maximum atomic E-state index is 12.3. The minimum atomic E-state index is -0.621. The molecule has 8 heteroatoms. The lowest BCUT2D eigenvalue weighted by molar-refractivity contribution is 0.0842. The quantitative estimate of drug-likeness (QED) is 0.728. The molecule has 4 rings (SSSR count). The number of carbonyl (C=O) groups is 1. The standard InChI is InChI=1S/C18H19N5O3/c1-11(24)16-10-19-22-23(16)14-7-13(8-14)20-18(25)17-9-15(21-26-17)12-5-3-2-4-6-12/h2-6,9-11,13-14,24H,7-8H2,1H3,(H,20,25)/t11-,13-,14+/m1/s1. The van der Waals surface area contributed by atoms with E-state index in [1.165, 1.54) is 0 Å². The summed E-state index contributed by atoms with van der Waals surface area (Å²) in [5, 5.41) is 24.5. The van der Waals surface area contributed by atoms with E-state index in [0.717, 1.165) is 18.4 Å². The molecule has 1 aromatic carbocycles. The van der Waals surface area contributed by atoms with Gasteiger partial charge in [-0.15, -0.1) is 5.10 Å².